The Morgan fingerprint density at radius 2 is 1.69 bits per heavy atom. The maximum Gasteiger partial charge on any atom is 0.416 e. The standard InChI is InChI=1S/C22H21F3N2O2/c23-22(24,25)19-3-1-14(2-4-19)15-7-16(9-26-8-15)21(28)29-20-17-5-13-6-18(20)12-27(10-13)11-17/h1-4,7-9,13,17-18,20H,5-6,10-12H2. The number of carbonyl (C=O) groups excluding carboxylic acids is 1. The van der Waals surface area contributed by atoms with Crippen molar-refractivity contribution < 1.29 is 22.7 Å². The Morgan fingerprint density at radius 3 is 2.31 bits per heavy atom. The molecule has 3 aliphatic heterocycles. The second kappa shape index (κ2) is 6.83. The number of ether oxygens (including phenoxy) is 1. The minimum Gasteiger partial charge on any atom is -0.458 e. The number of rotatable bonds is 3. The zero-order valence-electron chi connectivity index (χ0n) is 15.7. The Morgan fingerprint density at radius 1 is 1.00 bits per heavy atom. The molecule has 2 unspecified atom stereocenters. The second-order valence-corrected chi connectivity index (χ2v) is 8.48. The van der Waals surface area contributed by atoms with Gasteiger partial charge in [0.25, 0.3) is 0 Å². The summed E-state index contributed by atoms with van der Waals surface area (Å²) in [6, 6.07) is 6.48. The highest BCUT2D eigenvalue weighted by Gasteiger charge is 2.49. The number of piperidine rings is 3. The van der Waals surface area contributed by atoms with Crippen molar-refractivity contribution in [3.05, 3.63) is 53.9 Å². The lowest BCUT2D eigenvalue weighted by atomic mass is 9.66. The lowest BCUT2D eigenvalue weighted by Crippen LogP contribution is -2.60. The van der Waals surface area contributed by atoms with Crippen LogP contribution < -0.4 is 0 Å². The van der Waals surface area contributed by atoms with E-state index in [1.54, 1.807) is 6.07 Å². The minimum atomic E-state index is -4.38. The average Bonchev–Trinajstić information content (AvgIpc) is 2.69. The van der Waals surface area contributed by atoms with Gasteiger partial charge in [-0.05, 0) is 42.5 Å². The molecule has 0 radical (unpaired) electrons. The molecular weight excluding hydrogens is 381 g/mol. The second-order valence-electron chi connectivity index (χ2n) is 8.48. The number of hydrogen-bond donors (Lipinski definition) is 0. The molecule has 0 spiro atoms. The van der Waals surface area contributed by atoms with Crippen LogP contribution in [0.25, 0.3) is 11.1 Å². The molecule has 6 rings (SSSR count). The molecule has 4 nitrogen and oxygen atoms in total. The summed E-state index contributed by atoms with van der Waals surface area (Å²) in [5.41, 5.74) is 0.783. The van der Waals surface area contributed by atoms with Gasteiger partial charge >= 0.3 is 12.1 Å². The van der Waals surface area contributed by atoms with E-state index in [1.807, 2.05) is 0 Å². The Labute approximate surface area is 166 Å². The van der Waals surface area contributed by atoms with Crippen LogP contribution in [-0.4, -0.2) is 41.6 Å². The van der Waals surface area contributed by atoms with E-state index >= 15 is 0 Å². The van der Waals surface area contributed by atoms with Gasteiger partial charge in [-0.1, -0.05) is 12.1 Å². The zero-order chi connectivity index (χ0) is 20.2. The lowest BCUT2D eigenvalue weighted by Gasteiger charge is -2.55. The summed E-state index contributed by atoms with van der Waals surface area (Å²) in [5.74, 6) is 1.12. The molecule has 152 valence electrons. The molecule has 2 aromatic rings. The normalized spacial score (nSPS) is 30.4. The average molecular weight is 402 g/mol. The summed E-state index contributed by atoms with van der Waals surface area (Å²) in [5, 5.41) is 0. The minimum absolute atomic E-state index is 0.0509. The number of alkyl halides is 3. The van der Waals surface area contributed by atoms with Gasteiger partial charge in [0.2, 0.25) is 0 Å². The maximum absolute atomic E-state index is 12.8. The molecule has 4 fully saturated rings. The smallest absolute Gasteiger partial charge is 0.416 e. The van der Waals surface area contributed by atoms with Crippen LogP contribution >= 0.6 is 0 Å². The lowest BCUT2D eigenvalue weighted by molar-refractivity contribution is -0.137. The molecule has 1 aliphatic carbocycles. The van der Waals surface area contributed by atoms with Crippen LogP contribution in [0.3, 0.4) is 0 Å². The third kappa shape index (κ3) is 3.52. The monoisotopic (exact) mass is 402 g/mol. The van der Waals surface area contributed by atoms with E-state index in [1.165, 1.54) is 31.1 Å². The van der Waals surface area contributed by atoms with Gasteiger partial charge in [-0.2, -0.15) is 13.2 Å². The molecule has 4 bridgehead atoms. The van der Waals surface area contributed by atoms with Crippen LogP contribution in [0.15, 0.2) is 42.7 Å². The Bertz CT molecular complexity index is 898. The molecule has 4 heterocycles. The highest BCUT2D eigenvalue weighted by atomic mass is 19.4. The summed E-state index contributed by atoms with van der Waals surface area (Å²) < 4.78 is 44.2. The van der Waals surface area contributed by atoms with Crippen molar-refractivity contribution in [2.45, 2.75) is 25.1 Å². The van der Waals surface area contributed by atoms with Crippen molar-refractivity contribution in [3.63, 3.8) is 0 Å². The maximum atomic E-state index is 12.8. The van der Waals surface area contributed by atoms with Crippen LogP contribution in [0.5, 0.6) is 0 Å². The summed E-state index contributed by atoms with van der Waals surface area (Å²) in [7, 11) is 0. The molecule has 1 aromatic heterocycles. The van der Waals surface area contributed by atoms with Gasteiger partial charge in [0.15, 0.2) is 0 Å². The molecule has 4 aliphatic rings. The first kappa shape index (κ1) is 18.6. The Balaban J connectivity index is 1.32. The van der Waals surface area contributed by atoms with Crippen molar-refractivity contribution >= 4 is 5.97 Å². The van der Waals surface area contributed by atoms with E-state index in [0.29, 0.717) is 28.5 Å². The van der Waals surface area contributed by atoms with Gasteiger partial charge in [-0.15, -0.1) is 0 Å². The predicted molar refractivity (Wildman–Crippen MR) is 100 cm³/mol. The van der Waals surface area contributed by atoms with E-state index in [0.717, 1.165) is 44.0 Å². The molecule has 0 N–H and O–H groups in total. The number of pyridine rings is 1. The largest absolute Gasteiger partial charge is 0.458 e. The Hall–Kier alpha value is -2.41. The highest BCUT2D eigenvalue weighted by molar-refractivity contribution is 5.90. The summed E-state index contributed by atoms with van der Waals surface area (Å²) >= 11 is 0. The molecule has 1 saturated carbocycles. The SMILES string of the molecule is O=C(OC1C2CC3CC1CN(C3)C2)c1cncc(-c2ccc(C(F)(F)F)cc2)c1. The highest BCUT2D eigenvalue weighted by Crippen LogP contribution is 2.45. The zero-order valence-corrected chi connectivity index (χ0v) is 15.7. The van der Waals surface area contributed by atoms with E-state index < -0.39 is 17.7 Å². The van der Waals surface area contributed by atoms with Gasteiger partial charge < -0.3 is 9.64 Å². The predicted octanol–water partition coefficient (Wildman–Crippen LogP) is 4.26. The number of esters is 1. The molecule has 3 saturated heterocycles. The first-order valence-electron chi connectivity index (χ1n) is 9.93. The van der Waals surface area contributed by atoms with Crippen molar-refractivity contribution in [1.82, 2.24) is 9.88 Å². The van der Waals surface area contributed by atoms with Crippen molar-refractivity contribution in [2.24, 2.45) is 17.8 Å². The molecule has 29 heavy (non-hydrogen) atoms. The van der Waals surface area contributed by atoms with Gasteiger partial charge in [0, 0.05) is 49.4 Å². The molecule has 0 amide bonds. The summed E-state index contributed by atoms with van der Waals surface area (Å²) in [6.45, 7) is 3.16. The van der Waals surface area contributed by atoms with E-state index in [-0.39, 0.29) is 6.10 Å². The fourth-order valence-corrected chi connectivity index (χ4v) is 5.31. The molecule has 7 heteroatoms. The van der Waals surface area contributed by atoms with Gasteiger partial charge in [0.05, 0.1) is 11.1 Å². The third-order valence-electron chi connectivity index (χ3n) is 6.47. The number of halogens is 3. The number of carbonyl (C=O) groups is 1. The number of aromatic nitrogens is 1. The Kier molecular flexibility index (Phi) is 4.38. The topological polar surface area (TPSA) is 42.4 Å². The van der Waals surface area contributed by atoms with Crippen LogP contribution in [0.1, 0.15) is 28.8 Å². The van der Waals surface area contributed by atoms with Crippen LogP contribution in [0.4, 0.5) is 13.2 Å². The van der Waals surface area contributed by atoms with Crippen LogP contribution in [-0.2, 0) is 10.9 Å². The van der Waals surface area contributed by atoms with Crippen molar-refractivity contribution in [3.8, 4) is 11.1 Å². The number of benzene rings is 1. The fourth-order valence-electron chi connectivity index (χ4n) is 5.31. The number of nitrogens with zero attached hydrogens (tertiary/aromatic N) is 2. The first-order chi connectivity index (χ1) is 13.9. The number of hydrogen-bond acceptors (Lipinski definition) is 4. The van der Waals surface area contributed by atoms with Gasteiger partial charge in [-0.25, -0.2) is 4.79 Å². The van der Waals surface area contributed by atoms with Crippen LogP contribution in [0, 0.1) is 17.8 Å². The third-order valence-corrected chi connectivity index (χ3v) is 6.47. The van der Waals surface area contributed by atoms with E-state index in [4.69, 9.17) is 4.74 Å². The van der Waals surface area contributed by atoms with Crippen molar-refractivity contribution in [1.29, 1.82) is 0 Å². The molecule has 1 aromatic carbocycles. The van der Waals surface area contributed by atoms with Gasteiger partial charge in [0.1, 0.15) is 6.10 Å². The van der Waals surface area contributed by atoms with Crippen LogP contribution in [0.2, 0.25) is 0 Å². The van der Waals surface area contributed by atoms with E-state index in [9.17, 15) is 18.0 Å². The quantitative estimate of drug-likeness (QED) is 0.720. The van der Waals surface area contributed by atoms with Crippen molar-refractivity contribution in [2.75, 3.05) is 19.6 Å². The fraction of sp³-hybridized carbons (Fsp3) is 0.455. The first-order valence-corrected chi connectivity index (χ1v) is 9.93. The summed E-state index contributed by atoms with van der Waals surface area (Å²) in [6.07, 6.45) is 0.803. The molecular formula is C22H21F3N2O2. The summed E-state index contributed by atoms with van der Waals surface area (Å²) in [4.78, 5) is 19.4. The van der Waals surface area contributed by atoms with Gasteiger partial charge in [-0.3, -0.25) is 4.98 Å². The van der Waals surface area contributed by atoms with E-state index in [2.05, 4.69) is 9.88 Å². The molecule has 2 atom stereocenters.